The minimum atomic E-state index is -4.61. The van der Waals surface area contributed by atoms with Gasteiger partial charge in [-0.3, -0.25) is 14.2 Å². The van der Waals surface area contributed by atoms with Gasteiger partial charge in [0.15, 0.2) is 6.10 Å². The lowest BCUT2D eigenvalue weighted by Crippen LogP contribution is -2.37. The molecule has 0 saturated heterocycles. The Kier molecular flexibility index (Phi) is 31.8. The first-order valence-corrected chi connectivity index (χ1v) is 21.4. The molecule has 0 saturated carbocycles. The second-order valence-electron chi connectivity index (χ2n) is 14.7. The number of carbonyl (C=O) groups is 2. The average Bonchev–Trinajstić information content (AvgIpc) is 3.04. The largest absolute Gasteiger partial charge is 0.756 e. The normalized spacial score (nSPS) is 13.8. The maximum Gasteiger partial charge on any atom is 0.306 e. The van der Waals surface area contributed by atoms with Crippen molar-refractivity contribution >= 4 is 19.8 Å². The maximum atomic E-state index is 12.6. The molecule has 10 heteroatoms. The van der Waals surface area contributed by atoms with Crippen molar-refractivity contribution in [3.63, 3.8) is 0 Å². The molecular weight excluding hydrogens is 641 g/mol. The summed E-state index contributed by atoms with van der Waals surface area (Å²) in [6.07, 6.45) is 30.9. The Morgan fingerprint density at radius 1 is 0.612 bits per heavy atom. The SMILES string of the molecule is CCCC/C=C\CCCCCCCC(=O)OC[C@H](COP(=O)([O-])OCC[N+](C)(C)C)OC(=O)CCCCCCCCCCCCCCCC. The molecule has 0 bridgehead atoms. The van der Waals surface area contributed by atoms with Crippen LogP contribution in [0.5, 0.6) is 0 Å². The number of hydrogen-bond acceptors (Lipinski definition) is 8. The highest BCUT2D eigenvalue weighted by molar-refractivity contribution is 7.45. The summed E-state index contributed by atoms with van der Waals surface area (Å²) in [6.45, 7) is 4.18. The van der Waals surface area contributed by atoms with Crippen molar-refractivity contribution in [1.82, 2.24) is 0 Å². The van der Waals surface area contributed by atoms with Crippen LogP contribution in [0, 0.1) is 0 Å². The van der Waals surface area contributed by atoms with Gasteiger partial charge in [-0.15, -0.1) is 0 Å². The molecule has 0 aliphatic heterocycles. The molecule has 0 aromatic heterocycles. The Morgan fingerprint density at radius 2 is 1.06 bits per heavy atom. The topological polar surface area (TPSA) is 111 Å². The van der Waals surface area contributed by atoms with E-state index >= 15 is 0 Å². The van der Waals surface area contributed by atoms with E-state index in [9.17, 15) is 19.0 Å². The van der Waals surface area contributed by atoms with Crippen LogP contribution < -0.4 is 4.89 Å². The summed E-state index contributed by atoms with van der Waals surface area (Å²) in [5, 5.41) is 0. The lowest BCUT2D eigenvalue weighted by Gasteiger charge is -2.28. The fourth-order valence-corrected chi connectivity index (χ4v) is 6.07. The van der Waals surface area contributed by atoms with Gasteiger partial charge < -0.3 is 27.9 Å². The number of nitrogens with zero attached hydrogens (tertiary/aromatic N) is 1. The van der Waals surface area contributed by atoms with E-state index in [4.69, 9.17) is 18.5 Å². The van der Waals surface area contributed by atoms with Crippen LogP contribution >= 0.6 is 7.82 Å². The number of unbranched alkanes of at least 4 members (excludes halogenated alkanes) is 20. The summed E-state index contributed by atoms with van der Waals surface area (Å²) in [4.78, 5) is 37.3. The first-order valence-electron chi connectivity index (χ1n) is 19.9. The molecule has 49 heavy (non-hydrogen) atoms. The van der Waals surface area contributed by atoms with Gasteiger partial charge in [0.05, 0.1) is 27.7 Å². The van der Waals surface area contributed by atoms with Gasteiger partial charge in [-0.05, 0) is 32.1 Å². The number of likely N-dealkylation sites (N-methyl/N-ethyl adjacent to an activating group) is 1. The fourth-order valence-electron chi connectivity index (χ4n) is 5.34. The second-order valence-corrected chi connectivity index (χ2v) is 16.1. The van der Waals surface area contributed by atoms with Gasteiger partial charge in [0.2, 0.25) is 0 Å². The molecule has 0 aromatic rings. The molecule has 1 unspecified atom stereocenters. The first kappa shape index (κ1) is 47.8. The van der Waals surface area contributed by atoms with Crippen LogP contribution in [0.15, 0.2) is 12.2 Å². The van der Waals surface area contributed by atoms with Crippen LogP contribution in [0.3, 0.4) is 0 Å². The predicted octanol–water partition coefficient (Wildman–Crippen LogP) is 10.00. The lowest BCUT2D eigenvalue weighted by atomic mass is 10.0. The molecule has 290 valence electrons. The molecule has 0 fully saturated rings. The van der Waals surface area contributed by atoms with E-state index in [1.807, 2.05) is 21.1 Å². The molecule has 0 aromatic carbocycles. The Bertz CT molecular complexity index is 860. The van der Waals surface area contributed by atoms with Gasteiger partial charge in [0.25, 0.3) is 7.82 Å². The van der Waals surface area contributed by atoms with Crippen molar-refractivity contribution in [2.24, 2.45) is 0 Å². The Labute approximate surface area is 301 Å². The number of ether oxygens (including phenoxy) is 2. The third-order valence-electron chi connectivity index (χ3n) is 8.54. The van der Waals surface area contributed by atoms with Crippen LogP contribution in [-0.4, -0.2) is 70.0 Å². The summed E-state index contributed by atoms with van der Waals surface area (Å²) in [5.74, 6) is -0.841. The number of quaternary nitrogens is 1. The molecule has 0 radical (unpaired) electrons. The molecule has 0 amide bonds. The van der Waals surface area contributed by atoms with E-state index in [0.29, 0.717) is 17.4 Å². The van der Waals surface area contributed by atoms with Crippen LogP contribution in [-0.2, 0) is 32.7 Å². The number of phosphoric ester groups is 1. The summed E-state index contributed by atoms with van der Waals surface area (Å²) in [7, 11) is 1.17. The van der Waals surface area contributed by atoms with Crippen LogP contribution in [0.4, 0.5) is 0 Å². The summed E-state index contributed by atoms with van der Waals surface area (Å²) >= 11 is 0. The first-order chi connectivity index (χ1) is 23.5. The van der Waals surface area contributed by atoms with E-state index in [1.54, 1.807) is 0 Å². The number of carbonyl (C=O) groups excluding carboxylic acids is 2. The summed E-state index contributed by atoms with van der Waals surface area (Å²) < 4.78 is 33.8. The van der Waals surface area contributed by atoms with Crippen molar-refractivity contribution < 1.29 is 42.1 Å². The highest BCUT2D eigenvalue weighted by Crippen LogP contribution is 2.38. The zero-order valence-electron chi connectivity index (χ0n) is 32.4. The number of rotatable bonds is 36. The molecule has 9 nitrogen and oxygen atoms in total. The molecule has 0 aliphatic carbocycles. The number of esters is 2. The summed E-state index contributed by atoms with van der Waals surface area (Å²) in [6, 6.07) is 0. The zero-order chi connectivity index (χ0) is 36.5. The minimum absolute atomic E-state index is 0.0293. The van der Waals surface area contributed by atoms with Crippen LogP contribution in [0.2, 0.25) is 0 Å². The van der Waals surface area contributed by atoms with Gasteiger partial charge in [-0.25, -0.2) is 0 Å². The molecule has 2 atom stereocenters. The summed E-state index contributed by atoms with van der Waals surface area (Å²) in [5.41, 5.74) is 0. The highest BCUT2D eigenvalue weighted by atomic mass is 31.2. The van der Waals surface area contributed by atoms with Gasteiger partial charge >= 0.3 is 11.9 Å². The van der Waals surface area contributed by atoms with E-state index in [0.717, 1.165) is 57.8 Å². The highest BCUT2D eigenvalue weighted by Gasteiger charge is 2.21. The lowest BCUT2D eigenvalue weighted by molar-refractivity contribution is -0.870. The van der Waals surface area contributed by atoms with Crippen molar-refractivity contribution in [3.8, 4) is 0 Å². The Morgan fingerprint density at radius 3 is 1.57 bits per heavy atom. The molecular formula is C39H76NO8P. The van der Waals surface area contributed by atoms with E-state index in [2.05, 4.69) is 26.0 Å². The third-order valence-corrected chi connectivity index (χ3v) is 9.50. The van der Waals surface area contributed by atoms with Crippen molar-refractivity contribution in [2.45, 2.75) is 180 Å². The van der Waals surface area contributed by atoms with Crippen LogP contribution in [0.25, 0.3) is 0 Å². The minimum Gasteiger partial charge on any atom is -0.756 e. The average molecular weight is 718 g/mol. The molecule has 0 heterocycles. The third kappa shape index (κ3) is 36.3. The second kappa shape index (κ2) is 32.6. The van der Waals surface area contributed by atoms with E-state index in [-0.39, 0.29) is 26.1 Å². The zero-order valence-corrected chi connectivity index (χ0v) is 33.3. The molecule has 0 N–H and O–H groups in total. The van der Waals surface area contributed by atoms with Crippen molar-refractivity contribution in [1.29, 1.82) is 0 Å². The molecule has 0 rings (SSSR count). The Balaban J connectivity index is 4.41. The van der Waals surface area contributed by atoms with Crippen LogP contribution in [0.1, 0.15) is 174 Å². The number of hydrogen-bond donors (Lipinski definition) is 0. The fraction of sp³-hybridized carbons (Fsp3) is 0.897. The van der Waals surface area contributed by atoms with Crippen molar-refractivity contribution in [2.75, 3.05) is 47.5 Å². The monoisotopic (exact) mass is 718 g/mol. The van der Waals surface area contributed by atoms with E-state index < -0.39 is 32.5 Å². The quantitative estimate of drug-likeness (QED) is 0.0207. The maximum absolute atomic E-state index is 12.6. The van der Waals surface area contributed by atoms with Gasteiger partial charge in [-0.2, -0.15) is 0 Å². The van der Waals surface area contributed by atoms with Gasteiger partial charge in [-0.1, -0.05) is 142 Å². The van der Waals surface area contributed by atoms with Crippen molar-refractivity contribution in [3.05, 3.63) is 12.2 Å². The number of phosphoric acid groups is 1. The van der Waals surface area contributed by atoms with E-state index in [1.165, 1.54) is 83.5 Å². The smallest absolute Gasteiger partial charge is 0.306 e. The predicted molar refractivity (Wildman–Crippen MR) is 199 cm³/mol. The van der Waals surface area contributed by atoms with Gasteiger partial charge in [0.1, 0.15) is 19.8 Å². The van der Waals surface area contributed by atoms with Gasteiger partial charge in [0, 0.05) is 12.8 Å². The molecule has 0 spiro atoms. The number of allylic oxidation sites excluding steroid dienone is 2. The Hall–Kier alpha value is -1.25. The standard InChI is InChI=1S/C39H76NO8P/c1-6-8-10-12-14-16-18-19-20-22-24-26-28-30-32-39(42)48-37(36-47-49(43,44)46-34-33-40(3,4)5)35-45-38(41)31-29-27-25-23-21-17-15-13-11-9-7-2/h13,15,37H,6-12,14,16-36H2,1-5H3/b15-13-/t37-/m1/s1. The molecule has 0 aliphatic rings.